The molecule has 0 aliphatic carbocycles. The Morgan fingerprint density at radius 3 is 2.34 bits per heavy atom. The molecule has 29 heavy (non-hydrogen) atoms. The van der Waals surface area contributed by atoms with Gasteiger partial charge in [-0.1, -0.05) is 0 Å². The number of nitro benzene ring substituents is 1. The average Bonchev–Trinajstić information content (AvgIpc) is 2.68. The van der Waals surface area contributed by atoms with E-state index in [2.05, 4.69) is 31.0 Å². The van der Waals surface area contributed by atoms with Gasteiger partial charge in [0.15, 0.2) is 0 Å². The van der Waals surface area contributed by atoms with Crippen LogP contribution in [-0.2, 0) is 4.79 Å². The molecule has 1 saturated heterocycles. The molecule has 0 bridgehead atoms. The van der Waals surface area contributed by atoms with E-state index in [1.807, 2.05) is 6.92 Å². The zero-order valence-electron chi connectivity index (χ0n) is 16.1. The van der Waals surface area contributed by atoms with Crippen molar-refractivity contribution >= 4 is 29.5 Å². The van der Waals surface area contributed by atoms with Crippen LogP contribution in [0.5, 0.6) is 0 Å². The van der Waals surface area contributed by atoms with Crippen LogP contribution in [0, 0.1) is 28.4 Å². The Morgan fingerprint density at radius 1 is 1.24 bits per heavy atom. The molecule has 0 radical (unpaired) electrons. The summed E-state index contributed by atoms with van der Waals surface area (Å²) in [5.41, 5.74) is 5.73. The van der Waals surface area contributed by atoms with Crippen molar-refractivity contribution in [3.8, 4) is 6.07 Å². The molecular weight excluding hydrogens is 394 g/mol. The lowest BCUT2D eigenvalue weighted by molar-refractivity contribution is -0.384. The van der Waals surface area contributed by atoms with Crippen LogP contribution in [0.3, 0.4) is 0 Å². The largest absolute Gasteiger partial charge is 0.370 e. The van der Waals surface area contributed by atoms with Crippen molar-refractivity contribution in [1.29, 1.82) is 5.26 Å². The molecule has 1 aromatic carbocycles. The van der Waals surface area contributed by atoms with Gasteiger partial charge < -0.3 is 10.6 Å². The average molecular weight is 415 g/mol. The highest BCUT2D eigenvalue weighted by atomic mass is 32.2. The second kappa shape index (κ2) is 10.4. The van der Waals surface area contributed by atoms with Crippen molar-refractivity contribution < 1.29 is 9.72 Å². The van der Waals surface area contributed by atoms with E-state index in [1.54, 1.807) is 30.1 Å². The molecule has 2 heterocycles. The number of non-ortho nitro benzene ring substituents is 1. The second-order valence-corrected chi connectivity index (χ2v) is 7.35. The van der Waals surface area contributed by atoms with Gasteiger partial charge in [-0.2, -0.15) is 5.26 Å². The molecule has 2 N–H and O–H groups in total. The first kappa shape index (κ1) is 22.1. The summed E-state index contributed by atoms with van der Waals surface area (Å²) < 4.78 is 2.21. The van der Waals surface area contributed by atoms with Crippen molar-refractivity contribution in [3.63, 3.8) is 0 Å². The first-order valence-corrected chi connectivity index (χ1v) is 9.50. The van der Waals surface area contributed by atoms with Gasteiger partial charge in [0.25, 0.3) is 5.69 Å². The smallest absolute Gasteiger partial charge is 0.269 e. The number of benzene rings is 1. The number of hydrogen-bond acceptors (Lipinski definition) is 9. The SMILES string of the molecule is CC(N)=O.Cc1cc(C#N)nc(N2CCN(Sc3ccc([N+](=O)[O-])cc3)CC2)n1. The fourth-order valence-corrected chi connectivity index (χ4v) is 3.41. The summed E-state index contributed by atoms with van der Waals surface area (Å²) in [4.78, 5) is 31.2. The Balaban J connectivity index is 0.000000687. The van der Waals surface area contributed by atoms with Gasteiger partial charge in [-0.15, -0.1) is 0 Å². The lowest BCUT2D eigenvalue weighted by Crippen LogP contribution is -2.44. The summed E-state index contributed by atoms with van der Waals surface area (Å²) in [7, 11) is 0. The highest BCUT2D eigenvalue weighted by Crippen LogP contribution is 2.26. The Labute approximate surface area is 172 Å². The van der Waals surface area contributed by atoms with E-state index in [4.69, 9.17) is 5.26 Å². The second-order valence-electron chi connectivity index (χ2n) is 6.18. The van der Waals surface area contributed by atoms with Gasteiger partial charge >= 0.3 is 0 Å². The molecule has 1 aliphatic heterocycles. The molecule has 152 valence electrons. The zero-order chi connectivity index (χ0) is 21.4. The first-order valence-electron chi connectivity index (χ1n) is 8.72. The van der Waals surface area contributed by atoms with Gasteiger partial charge in [0.2, 0.25) is 11.9 Å². The summed E-state index contributed by atoms with van der Waals surface area (Å²) in [5, 5.41) is 19.7. The van der Waals surface area contributed by atoms with Crippen molar-refractivity contribution in [2.45, 2.75) is 18.7 Å². The standard InChI is InChI=1S/C16H16N6O2S.C2H5NO/c1-12-10-13(11-17)19-16(18-12)20-6-8-21(9-7-20)25-15-4-2-14(3-5-15)22(23)24;1-2(3)4/h2-5,10H,6-9H2,1H3;1H3,(H2,3,4). The number of nitriles is 1. The fourth-order valence-electron chi connectivity index (χ4n) is 2.51. The molecule has 1 aromatic heterocycles. The molecule has 1 aliphatic rings. The van der Waals surface area contributed by atoms with E-state index in [0.717, 1.165) is 36.8 Å². The van der Waals surface area contributed by atoms with Crippen LogP contribution in [0.2, 0.25) is 0 Å². The Morgan fingerprint density at radius 2 is 1.83 bits per heavy atom. The highest BCUT2D eigenvalue weighted by molar-refractivity contribution is 7.97. The monoisotopic (exact) mass is 415 g/mol. The zero-order valence-corrected chi connectivity index (χ0v) is 16.9. The van der Waals surface area contributed by atoms with E-state index >= 15 is 0 Å². The molecular formula is C18H21N7O3S. The molecule has 1 amide bonds. The first-order chi connectivity index (χ1) is 13.8. The van der Waals surface area contributed by atoms with Crippen LogP contribution < -0.4 is 10.6 Å². The number of nitro groups is 1. The number of hydrogen-bond donors (Lipinski definition) is 1. The van der Waals surface area contributed by atoms with Crippen LogP contribution >= 0.6 is 11.9 Å². The Kier molecular flexibility index (Phi) is 7.88. The maximum atomic E-state index is 10.7. The Bertz CT molecular complexity index is 903. The molecule has 0 atom stereocenters. The van der Waals surface area contributed by atoms with Crippen molar-refractivity contribution in [1.82, 2.24) is 14.3 Å². The van der Waals surface area contributed by atoms with Crippen molar-refractivity contribution in [3.05, 3.63) is 51.8 Å². The molecule has 11 heteroatoms. The third kappa shape index (κ3) is 7.02. The van der Waals surface area contributed by atoms with Gasteiger partial charge in [0.05, 0.1) is 4.92 Å². The van der Waals surface area contributed by atoms with Crippen LogP contribution in [0.1, 0.15) is 18.3 Å². The van der Waals surface area contributed by atoms with Crippen LogP contribution in [0.15, 0.2) is 35.2 Å². The van der Waals surface area contributed by atoms with E-state index < -0.39 is 4.92 Å². The van der Waals surface area contributed by atoms with E-state index in [-0.39, 0.29) is 11.6 Å². The molecule has 0 spiro atoms. The van der Waals surface area contributed by atoms with Crippen molar-refractivity contribution in [2.24, 2.45) is 5.73 Å². The summed E-state index contributed by atoms with van der Waals surface area (Å²) in [6, 6.07) is 10.3. The normalized spacial score (nSPS) is 13.8. The number of aromatic nitrogens is 2. The quantitative estimate of drug-likeness (QED) is 0.450. The third-order valence-electron chi connectivity index (χ3n) is 3.76. The Hall–Kier alpha value is -3.23. The maximum Gasteiger partial charge on any atom is 0.269 e. The number of rotatable bonds is 4. The van der Waals surface area contributed by atoms with Gasteiger partial charge in [0.1, 0.15) is 11.8 Å². The molecule has 3 rings (SSSR count). The van der Waals surface area contributed by atoms with E-state index in [0.29, 0.717) is 11.6 Å². The maximum absolute atomic E-state index is 10.7. The lowest BCUT2D eigenvalue weighted by Gasteiger charge is -2.33. The molecule has 1 fully saturated rings. The molecule has 0 saturated carbocycles. The van der Waals surface area contributed by atoms with E-state index in [9.17, 15) is 14.9 Å². The van der Waals surface area contributed by atoms with Crippen LogP contribution in [0.25, 0.3) is 0 Å². The van der Waals surface area contributed by atoms with Gasteiger partial charge in [-0.05, 0) is 37.1 Å². The molecule has 10 nitrogen and oxygen atoms in total. The van der Waals surface area contributed by atoms with Crippen LogP contribution in [0.4, 0.5) is 11.6 Å². The topological polar surface area (TPSA) is 142 Å². The number of carbonyl (C=O) groups excluding carboxylic acids is 1. The predicted molar refractivity (Wildman–Crippen MR) is 109 cm³/mol. The fraction of sp³-hybridized carbons (Fsp3) is 0.333. The minimum Gasteiger partial charge on any atom is -0.370 e. The number of aryl methyl sites for hydroxylation is 1. The molecule has 0 unspecified atom stereocenters. The number of anilines is 1. The predicted octanol–water partition coefficient (Wildman–Crippen LogP) is 1.89. The lowest BCUT2D eigenvalue weighted by atomic mass is 10.3. The number of amides is 1. The van der Waals surface area contributed by atoms with Crippen LogP contribution in [-0.4, -0.2) is 51.3 Å². The number of piperazine rings is 1. The number of primary amides is 1. The number of nitrogens with zero attached hydrogens (tertiary/aromatic N) is 6. The summed E-state index contributed by atoms with van der Waals surface area (Å²) >= 11 is 1.58. The van der Waals surface area contributed by atoms with E-state index in [1.165, 1.54) is 19.1 Å². The summed E-state index contributed by atoms with van der Waals surface area (Å²) in [6.07, 6.45) is 0. The molecule has 2 aromatic rings. The summed E-state index contributed by atoms with van der Waals surface area (Å²) in [5.74, 6) is 0.261. The number of carbonyl (C=O) groups is 1. The third-order valence-corrected chi connectivity index (χ3v) is 4.87. The number of nitrogens with two attached hydrogens (primary N) is 1. The van der Waals surface area contributed by atoms with Gasteiger partial charge in [0, 0.05) is 55.8 Å². The minimum atomic E-state index is -0.398. The summed E-state index contributed by atoms with van der Waals surface area (Å²) in [6.45, 7) is 6.29. The highest BCUT2D eigenvalue weighted by Gasteiger charge is 2.20. The van der Waals surface area contributed by atoms with Gasteiger partial charge in [-0.25, -0.2) is 14.3 Å². The van der Waals surface area contributed by atoms with Gasteiger partial charge in [-0.3, -0.25) is 14.9 Å². The van der Waals surface area contributed by atoms with Crippen molar-refractivity contribution in [2.75, 3.05) is 31.1 Å². The minimum absolute atomic E-state index is 0.0964.